The lowest BCUT2D eigenvalue weighted by molar-refractivity contribution is 0.0500. The van der Waals surface area contributed by atoms with Gasteiger partial charge in [-0.15, -0.1) is 0 Å². The lowest BCUT2D eigenvalue weighted by Crippen LogP contribution is -2.08. The van der Waals surface area contributed by atoms with Crippen LogP contribution in [0.15, 0.2) is 48.5 Å². The number of esters is 1. The molecule has 3 nitrogen and oxygen atoms in total. The number of hydrogen-bond donors (Lipinski definition) is 1. The fraction of sp³-hybridized carbons (Fsp3) is 0.188. The van der Waals surface area contributed by atoms with Gasteiger partial charge < -0.3 is 10.5 Å². The van der Waals surface area contributed by atoms with Crippen LogP contribution < -0.4 is 5.73 Å². The predicted molar refractivity (Wildman–Crippen MR) is 75.9 cm³/mol. The standard InChI is InChI=1S/C16H16FNO2/c17-14-11-13(8-9-15(14)18)16(19)20-10-4-7-12-5-2-1-3-6-12/h1-3,5-6,8-9,11H,4,7,10,18H2. The molecule has 2 N–H and O–H groups in total. The van der Waals surface area contributed by atoms with E-state index in [1.54, 1.807) is 0 Å². The molecule has 0 fully saturated rings. The number of carbonyl (C=O) groups is 1. The van der Waals surface area contributed by atoms with Crippen molar-refractivity contribution in [3.63, 3.8) is 0 Å². The quantitative estimate of drug-likeness (QED) is 0.517. The van der Waals surface area contributed by atoms with Crippen molar-refractivity contribution in [1.29, 1.82) is 0 Å². The zero-order valence-corrected chi connectivity index (χ0v) is 11.0. The van der Waals surface area contributed by atoms with E-state index in [1.807, 2.05) is 30.3 Å². The lowest BCUT2D eigenvalue weighted by atomic mass is 10.1. The summed E-state index contributed by atoms with van der Waals surface area (Å²) < 4.78 is 18.3. The Kier molecular flexibility index (Phi) is 4.71. The first-order valence-electron chi connectivity index (χ1n) is 6.43. The van der Waals surface area contributed by atoms with Gasteiger partial charge in [-0.2, -0.15) is 0 Å². The van der Waals surface area contributed by atoms with Crippen molar-refractivity contribution in [3.8, 4) is 0 Å². The molecule has 0 aliphatic carbocycles. The van der Waals surface area contributed by atoms with Crippen LogP contribution in [0.1, 0.15) is 22.3 Å². The van der Waals surface area contributed by atoms with Crippen molar-refractivity contribution < 1.29 is 13.9 Å². The Labute approximate surface area is 117 Å². The molecular weight excluding hydrogens is 257 g/mol. The van der Waals surface area contributed by atoms with Crippen LogP contribution in [0.25, 0.3) is 0 Å². The number of rotatable bonds is 5. The molecule has 0 saturated heterocycles. The molecule has 0 aliphatic rings. The van der Waals surface area contributed by atoms with Gasteiger partial charge in [0.25, 0.3) is 0 Å². The highest BCUT2D eigenvalue weighted by atomic mass is 19.1. The second-order valence-corrected chi connectivity index (χ2v) is 4.46. The van der Waals surface area contributed by atoms with E-state index in [2.05, 4.69) is 0 Å². The normalized spacial score (nSPS) is 10.2. The van der Waals surface area contributed by atoms with Crippen LogP contribution in [0.4, 0.5) is 10.1 Å². The summed E-state index contributed by atoms with van der Waals surface area (Å²) in [7, 11) is 0. The molecule has 0 saturated carbocycles. The van der Waals surface area contributed by atoms with Crippen LogP contribution in [-0.4, -0.2) is 12.6 Å². The zero-order valence-electron chi connectivity index (χ0n) is 11.0. The summed E-state index contributed by atoms with van der Waals surface area (Å²) >= 11 is 0. The second kappa shape index (κ2) is 6.70. The van der Waals surface area contributed by atoms with Crippen molar-refractivity contribution in [1.82, 2.24) is 0 Å². The molecule has 0 radical (unpaired) electrons. The second-order valence-electron chi connectivity index (χ2n) is 4.46. The van der Waals surface area contributed by atoms with E-state index in [-0.39, 0.29) is 11.3 Å². The molecule has 2 aromatic carbocycles. The molecule has 0 bridgehead atoms. The number of nitrogens with two attached hydrogens (primary N) is 1. The van der Waals surface area contributed by atoms with E-state index in [0.717, 1.165) is 18.9 Å². The highest BCUT2D eigenvalue weighted by molar-refractivity contribution is 5.89. The van der Waals surface area contributed by atoms with Gasteiger partial charge in [-0.3, -0.25) is 0 Å². The summed E-state index contributed by atoms with van der Waals surface area (Å²) in [5.41, 5.74) is 6.74. The van der Waals surface area contributed by atoms with Crippen molar-refractivity contribution in [2.24, 2.45) is 0 Å². The fourth-order valence-electron chi connectivity index (χ4n) is 1.82. The van der Waals surface area contributed by atoms with Gasteiger partial charge in [0, 0.05) is 0 Å². The molecule has 0 aromatic heterocycles. The summed E-state index contributed by atoms with van der Waals surface area (Å²) in [6, 6.07) is 13.9. The van der Waals surface area contributed by atoms with E-state index in [4.69, 9.17) is 10.5 Å². The first kappa shape index (κ1) is 14.1. The Morgan fingerprint density at radius 1 is 1.15 bits per heavy atom. The Bertz CT molecular complexity index is 584. The molecule has 0 aliphatic heterocycles. The van der Waals surface area contributed by atoms with Crippen LogP contribution >= 0.6 is 0 Å². The van der Waals surface area contributed by atoms with E-state index in [0.29, 0.717) is 6.61 Å². The third-order valence-electron chi connectivity index (χ3n) is 2.92. The molecule has 104 valence electrons. The van der Waals surface area contributed by atoms with Crippen molar-refractivity contribution >= 4 is 11.7 Å². The monoisotopic (exact) mass is 273 g/mol. The summed E-state index contributed by atoms with van der Waals surface area (Å²) in [6.07, 6.45) is 1.57. The molecule has 0 amide bonds. The number of hydrogen-bond acceptors (Lipinski definition) is 3. The van der Waals surface area contributed by atoms with Gasteiger partial charge in [0.15, 0.2) is 0 Å². The smallest absolute Gasteiger partial charge is 0.338 e. The van der Waals surface area contributed by atoms with Crippen LogP contribution in [0, 0.1) is 5.82 Å². The number of halogens is 1. The zero-order chi connectivity index (χ0) is 14.4. The minimum absolute atomic E-state index is 0.0191. The maximum absolute atomic E-state index is 13.2. The highest BCUT2D eigenvalue weighted by Gasteiger charge is 2.09. The number of ether oxygens (including phenoxy) is 1. The Balaban J connectivity index is 1.79. The first-order chi connectivity index (χ1) is 9.66. The van der Waals surface area contributed by atoms with E-state index in [9.17, 15) is 9.18 Å². The van der Waals surface area contributed by atoms with E-state index in [1.165, 1.54) is 17.7 Å². The number of carbonyl (C=O) groups excluding carboxylic acids is 1. The minimum atomic E-state index is -0.608. The number of benzene rings is 2. The summed E-state index contributed by atoms with van der Waals surface area (Å²) in [5, 5.41) is 0. The van der Waals surface area contributed by atoms with Crippen LogP contribution in [0.5, 0.6) is 0 Å². The molecule has 0 atom stereocenters. The topological polar surface area (TPSA) is 52.3 Å². The highest BCUT2D eigenvalue weighted by Crippen LogP contribution is 2.13. The molecule has 20 heavy (non-hydrogen) atoms. The van der Waals surface area contributed by atoms with Gasteiger partial charge in [-0.25, -0.2) is 9.18 Å². The van der Waals surface area contributed by atoms with Crippen LogP contribution in [0.2, 0.25) is 0 Å². The lowest BCUT2D eigenvalue weighted by Gasteiger charge is -2.06. The molecule has 2 rings (SSSR count). The molecule has 0 heterocycles. The molecule has 0 spiro atoms. The Hall–Kier alpha value is -2.36. The third kappa shape index (κ3) is 3.82. The van der Waals surface area contributed by atoms with Gasteiger partial charge in [-0.1, -0.05) is 30.3 Å². The van der Waals surface area contributed by atoms with Crippen LogP contribution in [-0.2, 0) is 11.2 Å². The fourth-order valence-corrected chi connectivity index (χ4v) is 1.82. The van der Waals surface area contributed by atoms with Gasteiger partial charge in [0.1, 0.15) is 5.82 Å². The SMILES string of the molecule is Nc1ccc(C(=O)OCCCc2ccccc2)cc1F. The Morgan fingerprint density at radius 3 is 2.60 bits per heavy atom. The Morgan fingerprint density at radius 2 is 1.90 bits per heavy atom. The molecular formula is C16H16FNO2. The van der Waals surface area contributed by atoms with Crippen molar-refractivity contribution in [2.45, 2.75) is 12.8 Å². The molecule has 4 heteroatoms. The van der Waals surface area contributed by atoms with Crippen molar-refractivity contribution in [2.75, 3.05) is 12.3 Å². The van der Waals surface area contributed by atoms with Crippen molar-refractivity contribution in [3.05, 3.63) is 65.5 Å². The van der Waals surface area contributed by atoms with E-state index < -0.39 is 11.8 Å². The predicted octanol–water partition coefficient (Wildman–Crippen LogP) is 3.20. The molecule has 0 unspecified atom stereocenters. The number of aryl methyl sites for hydroxylation is 1. The van der Waals surface area contributed by atoms with Gasteiger partial charge in [0.2, 0.25) is 0 Å². The molecule has 2 aromatic rings. The minimum Gasteiger partial charge on any atom is -0.462 e. The number of nitrogen functional groups attached to an aromatic ring is 1. The van der Waals surface area contributed by atoms with Crippen LogP contribution in [0.3, 0.4) is 0 Å². The summed E-state index contributed by atoms with van der Waals surface area (Å²) in [5.74, 6) is -1.14. The maximum atomic E-state index is 13.2. The number of anilines is 1. The van der Waals surface area contributed by atoms with Gasteiger partial charge in [0.05, 0.1) is 17.9 Å². The average molecular weight is 273 g/mol. The van der Waals surface area contributed by atoms with Gasteiger partial charge >= 0.3 is 5.97 Å². The van der Waals surface area contributed by atoms with E-state index >= 15 is 0 Å². The summed E-state index contributed by atoms with van der Waals surface area (Å²) in [6.45, 7) is 0.305. The maximum Gasteiger partial charge on any atom is 0.338 e. The summed E-state index contributed by atoms with van der Waals surface area (Å²) in [4.78, 5) is 11.7. The average Bonchev–Trinajstić information content (AvgIpc) is 2.47. The largest absolute Gasteiger partial charge is 0.462 e. The van der Waals surface area contributed by atoms with Gasteiger partial charge in [-0.05, 0) is 36.6 Å². The third-order valence-corrected chi connectivity index (χ3v) is 2.92. The first-order valence-corrected chi connectivity index (χ1v) is 6.43.